The van der Waals surface area contributed by atoms with Crippen LogP contribution in [0.15, 0.2) is 17.7 Å². The maximum absolute atomic E-state index is 5.76. The lowest BCUT2D eigenvalue weighted by molar-refractivity contribution is 0.165. The van der Waals surface area contributed by atoms with E-state index in [-0.39, 0.29) is 0 Å². The molecule has 0 spiro atoms. The second-order valence-corrected chi connectivity index (χ2v) is 4.14. The van der Waals surface area contributed by atoms with Gasteiger partial charge in [0.05, 0.1) is 7.11 Å². The van der Waals surface area contributed by atoms with Crippen LogP contribution < -0.4 is 14.2 Å². The standard InChI is InChI=1S/C13H15ClO3/c1-9(8-14)5-10-6-11(15-2)13-12(7-10)16-3-4-17-13/h5-7H,3-4,8H2,1-2H3. The van der Waals surface area contributed by atoms with Crippen molar-refractivity contribution in [3.8, 4) is 17.2 Å². The second-order valence-electron chi connectivity index (χ2n) is 3.87. The summed E-state index contributed by atoms with van der Waals surface area (Å²) in [4.78, 5) is 0. The molecule has 0 amide bonds. The molecule has 92 valence electrons. The van der Waals surface area contributed by atoms with Crippen molar-refractivity contribution in [1.82, 2.24) is 0 Å². The van der Waals surface area contributed by atoms with Crippen LogP contribution in [0.5, 0.6) is 17.2 Å². The van der Waals surface area contributed by atoms with E-state index in [0.717, 1.165) is 16.9 Å². The van der Waals surface area contributed by atoms with Crippen LogP contribution >= 0.6 is 11.6 Å². The third-order valence-corrected chi connectivity index (χ3v) is 2.90. The van der Waals surface area contributed by atoms with Gasteiger partial charge in [-0.2, -0.15) is 0 Å². The molecule has 17 heavy (non-hydrogen) atoms. The number of rotatable bonds is 3. The highest BCUT2D eigenvalue weighted by Crippen LogP contribution is 2.40. The summed E-state index contributed by atoms with van der Waals surface area (Å²) in [6.45, 7) is 3.10. The zero-order valence-corrected chi connectivity index (χ0v) is 10.7. The molecule has 0 fully saturated rings. The van der Waals surface area contributed by atoms with Crippen molar-refractivity contribution < 1.29 is 14.2 Å². The predicted octanol–water partition coefficient (Wildman–Crippen LogP) is 3.11. The number of halogens is 1. The van der Waals surface area contributed by atoms with Gasteiger partial charge < -0.3 is 14.2 Å². The molecule has 0 atom stereocenters. The summed E-state index contributed by atoms with van der Waals surface area (Å²) in [7, 11) is 1.62. The molecule has 1 heterocycles. The highest BCUT2D eigenvalue weighted by molar-refractivity contribution is 6.19. The van der Waals surface area contributed by atoms with Crippen molar-refractivity contribution in [2.24, 2.45) is 0 Å². The van der Waals surface area contributed by atoms with Crippen molar-refractivity contribution in [2.45, 2.75) is 6.92 Å². The van der Waals surface area contributed by atoms with E-state index in [1.807, 2.05) is 25.1 Å². The summed E-state index contributed by atoms with van der Waals surface area (Å²) >= 11 is 5.76. The maximum Gasteiger partial charge on any atom is 0.203 e. The number of methoxy groups -OCH3 is 1. The van der Waals surface area contributed by atoms with E-state index >= 15 is 0 Å². The fraction of sp³-hybridized carbons (Fsp3) is 0.385. The molecule has 1 aliphatic rings. The number of ether oxygens (including phenoxy) is 3. The summed E-state index contributed by atoms with van der Waals surface area (Å²) in [5.74, 6) is 2.61. The molecule has 4 heteroatoms. The first-order valence-electron chi connectivity index (χ1n) is 5.45. The number of allylic oxidation sites excluding steroid dienone is 1. The number of benzene rings is 1. The molecule has 0 saturated heterocycles. The molecule has 0 saturated carbocycles. The average molecular weight is 255 g/mol. The van der Waals surface area contributed by atoms with Gasteiger partial charge >= 0.3 is 0 Å². The molecule has 0 aromatic heterocycles. The predicted molar refractivity (Wildman–Crippen MR) is 68.4 cm³/mol. The Labute approximate surface area is 106 Å². The van der Waals surface area contributed by atoms with E-state index < -0.39 is 0 Å². The first-order chi connectivity index (χ1) is 8.24. The minimum atomic E-state index is 0.511. The third kappa shape index (κ3) is 2.67. The van der Waals surface area contributed by atoms with Gasteiger partial charge in [0, 0.05) is 5.88 Å². The first-order valence-corrected chi connectivity index (χ1v) is 5.99. The van der Waals surface area contributed by atoms with E-state index in [1.54, 1.807) is 7.11 Å². The highest BCUT2D eigenvalue weighted by Gasteiger charge is 2.17. The smallest absolute Gasteiger partial charge is 0.203 e. The molecule has 2 rings (SSSR count). The Morgan fingerprint density at radius 2 is 2.18 bits per heavy atom. The van der Waals surface area contributed by atoms with Crippen LogP contribution in [0.2, 0.25) is 0 Å². The number of fused-ring (bicyclic) bond motifs is 1. The summed E-state index contributed by atoms with van der Waals surface area (Å²) in [5.41, 5.74) is 2.09. The van der Waals surface area contributed by atoms with Crippen LogP contribution in [-0.2, 0) is 0 Å². The Morgan fingerprint density at radius 1 is 1.41 bits per heavy atom. The molecule has 0 unspecified atom stereocenters. The Kier molecular flexibility index (Phi) is 3.79. The van der Waals surface area contributed by atoms with Gasteiger partial charge in [0.15, 0.2) is 11.5 Å². The van der Waals surface area contributed by atoms with E-state index in [1.165, 1.54) is 0 Å². The number of hydrogen-bond donors (Lipinski definition) is 0. The summed E-state index contributed by atoms with van der Waals surface area (Å²) in [6, 6.07) is 3.86. The Hall–Kier alpha value is -1.35. The van der Waals surface area contributed by atoms with Crippen molar-refractivity contribution >= 4 is 17.7 Å². The van der Waals surface area contributed by atoms with Crippen molar-refractivity contribution in [3.05, 3.63) is 23.3 Å². The Balaban J connectivity index is 2.42. The highest BCUT2D eigenvalue weighted by atomic mass is 35.5. The third-order valence-electron chi connectivity index (χ3n) is 2.47. The van der Waals surface area contributed by atoms with Gasteiger partial charge in [0.1, 0.15) is 13.2 Å². The van der Waals surface area contributed by atoms with Gasteiger partial charge in [0.2, 0.25) is 5.75 Å². The lowest BCUT2D eigenvalue weighted by Gasteiger charge is -2.21. The molecule has 0 radical (unpaired) electrons. The van der Waals surface area contributed by atoms with Crippen molar-refractivity contribution in [3.63, 3.8) is 0 Å². The van der Waals surface area contributed by atoms with E-state index in [2.05, 4.69) is 0 Å². The van der Waals surface area contributed by atoms with Gasteiger partial charge in [-0.3, -0.25) is 0 Å². The Bertz CT molecular complexity index is 423. The van der Waals surface area contributed by atoms with Gasteiger partial charge in [-0.1, -0.05) is 11.6 Å². The van der Waals surface area contributed by atoms with Crippen LogP contribution in [0.25, 0.3) is 6.08 Å². The minimum absolute atomic E-state index is 0.511. The van der Waals surface area contributed by atoms with Crippen molar-refractivity contribution in [2.75, 3.05) is 26.2 Å². The molecule has 0 N–H and O–H groups in total. The molecular weight excluding hydrogens is 240 g/mol. The first kappa shape index (κ1) is 12.1. The fourth-order valence-corrected chi connectivity index (χ4v) is 1.78. The van der Waals surface area contributed by atoms with E-state index in [9.17, 15) is 0 Å². The number of alkyl halides is 1. The summed E-state index contributed by atoms with van der Waals surface area (Å²) in [6.07, 6.45) is 2.01. The van der Waals surface area contributed by atoms with Gasteiger partial charge in [-0.15, -0.1) is 11.6 Å². The molecule has 1 aromatic carbocycles. The maximum atomic E-state index is 5.76. The summed E-state index contributed by atoms with van der Waals surface area (Å²) in [5, 5.41) is 0. The van der Waals surface area contributed by atoms with Gasteiger partial charge in [0.25, 0.3) is 0 Å². The summed E-state index contributed by atoms with van der Waals surface area (Å²) < 4.78 is 16.4. The zero-order chi connectivity index (χ0) is 12.3. The molecule has 3 nitrogen and oxygen atoms in total. The largest absolute Gasteiger partial charge is 0.493 e. The molecule has 1 aromatic rings. The van der Waals surface area contributed by atoms with Crippen LogP contribution in [0, 0.1) is 0 Å². The second kappa shape index (κ2) is 5.32. The van der Waals surface area contributed by atoms with Gasteiger partial charge in [-0.25, -0.2) is 0 Å². The lowest BCUT2D eigenvalue weighted by atomic mass is 10.1. The zero-order valence-electron chi connectivity index (χ0n) is 9.96. The van der Waals surface area contributed by atoms with Crippen LogP contribution in [-0.4, -0.2) is 26.2 Å². The topological polar surface area (TPSA) is 27.7 Å². The monoisotopic (exact) mass is 254 g/mol. The normalized spacial score (nSPS) is 14.6. The van der Waals surface area contributed by atoms with Crippen LogP contribution in [0.4, 0.5) is 0 Å². The average Bonchev–Trinajstić information content (AvgIpc) is 2.37. The Morgan fingerprint density at radius 3 is 2.88 bits per heavy atom. The quantitative estimate of drug-likeness (QED) is 0.776. The SMILES string of the molecule is COc1cc(C=C(C)CCl)cc2c1OCCO2. The van der Waals surface area contributed by atoms with Gasteiger partial charge in [-0.05, 0) is 24.6 Å². The molecule has 0 aliphatic carbocycles. The molecular formula is C13H15ClO3. The van der Waals surface area contributed by atoms with E-state index in [0.29, 0.717) is 30.6 Å². The van der Waals surface area contributed by atoms with Crippen molar-refractivity contribution in [1.29, 1.82) is 0 Å². The number of hydrogen-bond acceptors (Lipinski definition) is 3. The fourth-order valence-electron chi connectivity index (χ4n) is 1.70. The van der Waals surface area contributed by atoms with Crippen LogP contribution in [0.3, 0.4) is 0 Å². The lowest BCUT2D eigenvalue weighted by Crippen LogP contribution is -2.16. The molecule has 0 bridgehead atoms. The van der Waals surface area contributed by atoms with Crippen LogP contribution in [0.1, 0.15) is 12.5 Å². The minimum Gasteiger partial charge on any atom is -0.493 e. The molecule has 1 aliphatic heterocycles. The van der Waals surface area contributed by atoms with E-state index in [4.69, 9.17) is 25.8 Å².